The quantitative estimate of drug-likeness (QED) is 0.713. The van der Waals surface area contributed by atoms with Gasteiger partial charge in [0, 0.05) is 17.9 Å². The smallest absolute Gasteiger partial charge is 0.270 e. The van der Waals surface area contributed by atoms with Gasteiger partial charge in [-0.15, -0.1) is 0 Å². The summed E-state index contributed by atoms with van der Waals surface area (Å²) in [7, 11) is 0. The van der Waals surface area contributed by atoms with Crippen LogP contribution in [-0.4, -0.2) is 39.9 Å². The molecule has 2 aromatic heterocycles. The maximum absolute atomic E-state index is 13.5. The molecule has 5 nitrogen and oxygen atoms in total. The predicted molar refractivity (Wildman–Crippen MR) is 111 cm³/mol. The average Bonchev–Trinajstić information content (AvgIpc) is 3.09. The summed E-state index contributed by atoms with van der Waals surface area (Å²) in [6.45, 7) is 2.49. The fourth-order valence-electron chi connectivity index (χ4n) is 3.81. The fourth-order valence-corrected chi connectivity index (χ4v) is 3.81. The molecule has 3 heterocycles. The summed E-state index contributed by atoms with van der Waals surface area (Å²) in [6, 6.07) is 20.0. The van der Waals surface area contributed by atoms with Crippen LogP contribution in [0, 0.1) is 0 Å². The molecule has 1 aliphatic rings. The van der Waals surface area contributed by atoms with E-state index in [1.807, 2.05) is 65.6 Å². The molecule has 1 atom stereocenters. The summed E-state index contributed by atoms with van der Waals surface area (Å²) in [5.41, 5.74) is 3.59. The number of H-pyrrole nitrogens is 1. The summed E-state index contributed by atoms with van der Waals surface area (Å²) in [4.78, 5) is 23.2. The van der Waals surface area contributed by atoms with Gasteiger partial charge in [-0.2, -0.15) is 0 Å². The van der Waals surface area contributed by atoms with Crippen molar-refractivity contribution in [3.8, 4) is 11.3 Å². The Labute approximate surface area is 165 Å². The molecule has 1 saturated heterocycles. The standard InChI is InChI=1S/C23H26N4O/c28-23(22-12-11-21(26-22)18-7-2-1-3-8-18)27(17-19-9-4-5-15-25-19)20-10-6-14-24-16-13-20/h1-5,7-9,11-12,15,20,24,26H,6,10,13-14,16-17H2. The van der Waals surface area contributed by atoms with Crippen LogP contribution < -0.4 is 5.32 Å². The van der Waals surface area contributed by atoms with Crippen molar-refractivity contribution >= 4 is 5.91 Å². The van der Waals surface area contributed by atoms with E-state index >= 15 is 0 Å². The second-order valence-electron chi connectivity index (χ2n) is 7.24. The highest BCUT2D eigenvalue weighted by Gasteiger charge is 2.27. The average molecular weight is 374 g/mol. The maximum atomic E-state index is 13.5. The topological polar surface area (TPSA) is 61.0 Å². The van der Waals surface area contributed by atoms with E-state index in [9.17, 15) is 4.79 Å². The third-order valence-corrected chi connectivity index (χ3v) is 5.31. The number of hydrogen-bond acceptors (Lipinski definition) is 3. The Kier molecular flexibility index (Phi) is 5.83. The molecule has 1 amide bonds. The number of nitrogens with zero attached hydrogens (tertiary/aromatic N) is 2. The van der Waals surface area contributed by atoms with Crippen molar-refractivity contribution < 1.29 is 4.79 Å². The molecule has 0 aliphatic carbocycles. The number of carbonyl (C=O) groups excluding carboxylic acids is 1. The summed E-state index contributed by atoms with van der Waals surface area (Å²) in [5.74, 6) is 0.0414. The van der Waals surface area contributed by atoms with E-state index in [1.54, 1.807) is 6.20 Å². The Morgan fingerprint density at radius 2 is 1.86 bits per heavy atom. The Balaban J connectivity index is 1.60. The van der Waals surface area contributed by atoms with Gasteiger partial charge in [-0.05, 0) is 62.2 Å². The van der Waals surface area contributed by atoms with Crippen LogP contribution >= 0.6 is 0 Å². The molecule has 1 aromatic carbocycles. The zero-order chi connectivity index (χ0) is 19.2. The maximum Gasteiger partial charge on any atom is 0.270 e. The van der Waals surface area contributed by atoms with Crippen molar-refractivity contribution in [2.24, 2.45) is 0 Å². The van der Waals surface area contributed by atoms with Crippen LogP contribution in [0.3, 0.4) is 0 Å². The largest absolute Gasteiger partial charge is 0.351 e. The van der Waals surface area contributed by atoms with E-state index in [2.05, 4.69) is 15.3 Å². The van der Waals surface area contributed by atoms with Crippen LogP contribution in [-0.2, 0) is 6.54 Å². The first-order valence-electron chi connectivity index (χ1n) is 9.97. The van der Waals surface area contributed by atoms with Crippen molar-refractivity contribution in [3.05, 3.63) is 78.2 Å². The van der Waals surface area contributed by atoms with Gasteiger partial charge in [0.1, 0.15) is 5.69 Å². The monoisotopic (exact) mass is 374 g/mol. The van der Waals surface area contributed by atoms with Gasteiger partial charge in [-0.25, -0.2) is 0 Å². The first kappa shape index (κ1) is 18.4. The third kappa shape index (κ3) is 4.31. The first-order valence-corrected chi connectivity index (χ1v) is 9.97. The van der Waals surface area contributed by atoms with Crippen molar-refractivity contribution in [1.29, 1.82) is 0 Å². The van der Waals surface area contributed by atoms with Crippen LogP contribution in [0.2, 0.25) is 0 Å². The lowest BCUT2D eigenvalue weighted by atomic mass is 10.1. The van der Waals surface area contributed by atoms with Crippen molar-refractivity contribution in [1.82, 2.24) is 20.2 Å². The molecular weight excluding hydrogens is 348 g/mol. The second-order valence-corrected chi connectivity index (χ2v) is 7.24. The summed E-state index contributed by atoms with van der Waals surface area (Å²) >= 11 is 0. The van der Waals surface area contributed by atoms with Gasteiger partial charge < -0.3 is 15.2 Å². The van der Waals surface area contributed by atoms with Gasteiger partial charge in [0.05, 0.1) is 12.2 Å². The normalized spacial score (nSPS) is 17.1. The lowest BCUT2D eigenvalue weighted by molar-refractivity contribution is 0.0637. The molecular formula is C23H26N4O. The van der Waals surface area contributed by atoms with Crippen LogP contribution in [0.15, 0.2) is 66.9 Å². The number of pyridine rings is 1. The SMILES string of the molecule is O=C(c1ccc(-c2ccccc2)[nH]1)N(Cc1ccccn1)C1CCCNCC1. The van der Waals surface area contributed by atoms with Gasteiger partial charge >= 0.3 is 0 Å². The van der Waals surface area contributed by atoms with Gasteiger partial charge in [-0.1, -0.05) is 36.4 Å². The number of nitrogens with one attached hydrogen (secondary N) is 2. The summed E-state index contributed by atoms with van der Waals surface area (Å²) in [6.07, 6.45) is 4.84. The number of hydrogen-bond donors (Lipinski definition) is 2. The Morgan fingerprint density at radius 1 is 1.00 bits per heavy atom. The molecule has 4 rings (SSSR count). The van der Waals surface area contributed by atoms with E-state index in [1.165, 1.54) is 0 Å². The van der Waals surface area contributed by atoms with Gasteiger partial charge in [0.25, 0.3) is 5.91 Å². The van der Waals surface area contributed by atoms with E-state index in [-0.39, 0.29) is 11.9 Å². The first-order chi connectivity index (χ1) is 13.8. The molecule has 1 aliphatic heterocycles. The molecule has 0 radical (unpaired) electrons. The third-order valence-electron chi connectivity index (χ3n) is 5.31. The molecule has 0 saturated carbocycles. The van der Waals surface area contributed by atoms with E-state index < -0.39 is 0 Å². The van der Waals surface area contributed by atoms with E-state index in [0.29, 0.717) is 12.2 Å². The Bertz CT molecular complexity index is 883. The zero-order valence-electron chi connectivity index (χ0n) is 16.0. The van der Waals surface area contributed by atoms with Crippen molar-refractivity contribution in [2.45, 2.75) is 31.8 Å². The minimum absolute atomic E-state index is 0.0414. The lowest BCUT2D eigenvalue weighted by Gasteiger charge is -2.30. The molecule has 1 unspecified atom stereocenters. The van der Waals surface area contributed by atoms with Crippen LogP contribution in [0.5, 0.6) is 0 Å². The van der Waals surface area contributed by atoms with Gasteiger partial charge in [-0.3, -0.25) is 9.78 Å². The van der Waals surface area contributed by atoms with Gasteiger partial charge in [0.2, 0.25) is 0 Å². The van der Waals surface area contributed by atoms with E-state index in [0.717, 1.165) is 49.3 Å². The predicted octanol–water partition coefficient (Wildman–Crippen LogP) is 3.86. The molecule has 28 heavy (non-hydrogen) atoms. The van der Waals surface area contributed by atoms with Crippen molar-refractivity contribution in [3.63, 3.8) is 0 Å². The van der Waals surface area contributed by atoms with Gasteiger partial charge in [0.15, 0.2) is 0 Å². The number of amides is 1. The summed E-state index contributed by atoms with van der Waals surface area (Å²) < 4.78 is 0. The molecule has 3 aromatic rings. The van der Waals surface area contributed by atoms with E-state index in [4.69, 9.17) is 0 Å². The van der Waals surface area contributed by atoms with Crippen LogP contribution in [0.25, 0.3) is 11.3 Å². The molecule has 0 spiro atoms. The lowest BCUT2D eigenvalue weighted by Crippen LogP contribution is -2.40. The Hall–Kier alpha value is -2.92. The number of rotatable bonds is 5. The minimum atomic E-state index is 0.0414. The van der Waals surface area contributed by atoms with Crippen molar-refractivity contribution in [2.75, 3.05) is 13.1 Å². The number of aromatic nitrogens is 2. The number of aromatic amines is 1. The molecule has 2 N–H and O–H groups in total. The molecule has 1 fully saturated rings. The highest BCUT2D eigenvalue weighted by atomic mass is 16.2. The molecule has 144 valence electrons. The van der Waals surface area contributed by atoms with Crippen LogP contribution in [0.4, 0.5) is 0 Å². The highest BCUT2D eigenvalue weighted by molar-refractivity contribution is 5.93. The fraction of sp³-hybridized carbons (Fsp3) is 0.304. The molecule has 5 heteroatoms. The second kappa shape index (κ2) is 8.85. The molecule has 0 bridgehead atoms. The Morgan fingerprint density at radius 3 is 2.68 bits per heavy atom. The number of carbonyl (C=O) groups is 1. The summed E-state index contributed by atoms with van der Waals surface area (Å²) in [5, 5.41) is 3.44. The minimum Gasteiger partial charge on any atom is -0.351 e. The van der Waals surface area contributed by atoms with Crippen LogP contribution in [0.1, 0.15) is 35.4 Å². The zero-order valence-corrected chi connectivity index (χ0v) is 16.0. The number of benzene rings is 1. The highest BCUT2D eigenvalue weighted by Crippen LogP contribution is 2.22.